The number of ether oxygens (including phenoxy) is 1. The molecule has 0 aliphatic rings. The highest BCUT2D eigenvalue weighted by molar-refractivity contribution is 9.10. The molecular formula is C7H3BrClFO2. The maximum absolute atomic E-state index is 12.8. The second-order valence-corrected chi connectivity index (χ2v) is 3.05. The zero-order valence-electron chi connectivity index (χ0n) is 5.68. The lowest BCUT2D eigenvalue weighted by molar-refractivity contribution is 0.223. The zero-order chi connectivity index (χ0) is 9.14. The number of hydrogen-bond acceptors (Lipinski definition) is 2. The first-order valence-corrected chi connectivity index (χ1v) is 4.09. The molecule has 1 aromatic carbocycles. The summed E-state index contributed by atoms with van der Waals surface area (Å²) in [6, 6.07) is 4.18. The van der Waals surface area contributed by atoms with Gasteiger partial charge in [-0.05, 0) is 28.1 Å². The van der Waals surface area contributed by atoms with Gasteiger partial charge in [-0.1, -0.05) is 6.07 Å². The standard InChI is InChI=1S/C7H3BrClFO2/c8-4-2-1-3-5(10)6(4)12-7(9)11/h1-3H. The van der Waals surface area contributed by atoms with Gasteiger partial charge in [0.25, 0.3) is 0 Å². The molecule has 0 aromatic heterocycles. The van der Waals surface area contributed by atoms with E-state index in [1.54, 1.807) is 0 Å². The molecule has 0 unspecified atom stereocenters. The SMILES string of the molecule is O=C(Cl)Oc1c(F)cccc1Br. The van der Waals surface area contributed by atoms with Gasteiger partial charge < -0.3 is 4.74 Å². The summed E-state index contributed by atoms with van der Waals surface area (Å²) < 4.78 is 17.6. The largest absolute Gasteiger partial charge is 0.410 e. The van der Waals surface area contributed by atoms with E-state index in [0.29, 0.717) is 4.47 Å². The summed E-state index contributed by atoms with van der Waals surface area (Å²) in [5.41, 5.74) is -1.07. The van der Waals surface area contributed by atoms with Crippen molar-refractivity contribution in [3.63, 3.8) is 0 Å². The van der Waals surface area contributed by atoms with Crippen molar-refractivity contribution < 1.29 is 13.9 Å². The average Bonchev–Trinajstić information content (AvgIpc) is 1.97. The van der Waals surface area contributed by atoms with Gasteiger partial charge in [-0.3, -0.25) is 0 Å². The Morgan fingerprint density at radius 2 is 2.25 bits per heavy atom. The van der Waals surface area contributed by atoms with Gasteiger partial charge in [0.15, 0.2) is 11.6 Å². The molecule has 0 amide bonds. The van der Waals surface area contributed by atoms with E-state index in [4.69, 9.17) is 11.6 Å². The molecule has 64 valence electrons. The molecule has 0 heterocycles. The summed E-state index contributed by atoms with van der Waals surface area (Å²) in [4.78, 5) is 10.3. The first-order valence-electron chi connectivity index (χ1n) is 2.92. The number of carbonyl (C=O) groups is 1. The van der Waals surface area contributed by atoms with E-state index in [1.807, 2.05) is 0 Å². The van der Waals surface area contributed by atoms with Gasteiger partial charge in [-0.15, -0.1) is 0 Å². The molecule has 0 N–H and O–H groups in total. The molecule has 0 bridgehead atoms. The Balaban J connectivity index is 3.04. The van der Waals surface area contributed by atoms with Gasteiger partial charge in [-0.25, -0.2) is 9.18 Å². The lowest BCUT2D eigenvalue weighted by Gasteiger charge is -2.02. The van der Waals surface area contributed by atoms with Crippen LogP contribution in [0, 0.1) is 5.82 Å². The maximum atomic E-state index is 12.8. The topological polar surface area (TPSA) is 26.3 Å². The first-order chi connectivity index (χ1) is 5.61. The number of benzene rings is 1. The van der Waals surface area contributed by atoms with Crippen LogP contribution in [0.3, 0.4) is 0 Å². The summed E-state index contributed by atoms with van der Waals surface area (Å²) >= 11 is 7.91. The van der Waals surface area contributed by atoms with E-state index >= 15 is 0 Å². The molecule has 0 aliphatic heterocycles. The van der Waals surface area contributed by atoms with Crippen LogP contribution in [0.25, 0.3) is 0 Å². The molecule has 0 radical (unpaired) electrons. The summed E-state index contributed by atoms with van der Waals surface area (Å²) in [6.07, 6.45) is 0. The van der Waals surface area contributed by atoms with E-state index in [0.717, 1.165) is 0 Å². The van der Waals surface area contributed by atoms with Crippen LogP contribution in [0.1, 0.15) is 0 Å². The van der Waals surface area contributed by atoms with Crippen molar-refractivity contribution in [1.29, 1.82) is 0 Å². The highest BCUT2D eigenvalue weighted by atomic mass is 79.9. The Kier molecular flexibility index (Phi) is 3.05. The van der Waals surface area contributed by atoms with E-state index < -0.39 is 11.2 Å². The second kappa shape index (κ2) is 3.87. The monoisotopic (exact) mass is 252 g/mol. The van der Waals surface area contributed by atoms with Crippen molar-refractivity contribution in [2.24, 2.45) is 0 Å². The van der Waals surface area contributed by atoms with Crippen LogP contribution in [-0.2, 0) is 0 Å². The van der Waals surface area contributed by atoms with Crippen molar-refractivity contribution in [3.8, 4) is 5.75 Å². The van der Waals surface area contributed by atoms with Crippen LogP contribution in [0.5, 0.6) is 5.75 Å². The fourth-order valence-corrected chi connectivity index (χ4v) is 1.16. The van der Waals surface area contributed by atoms with Crippen LogP contribution in [0.4, 0.5) is 9.18 Å². The van der Waals surface area contributed by atoms with Crippen molar-refractivity contribution in [2.45, 2.75) is 0 Å². The molecule has 0 spiro atoms. The zero-order valence-corrected chi connectivity index (χ0v) is 8.02. The minimum absolute atomic E-state index is 0.197. The van der Waals surface area contributed by atoms with Crippen LogP contribution < -0.4 is 4.74 Å². The van der Waals surface area contributed by atoms with Crippen LogP contribution in [0.15, 0.2) is 22.7 Å². The Bertz CT molecular complexity index is 296. The fraction of sp³-hybridized carbons (Fsp3) is 0. The molecular weight excluding hydrogens is 250 g/mol. The van der Waals surface area contributed by atoms with Crippen molar-refractivity contribution in [1.82, 2.24) is 0 Å². The number of carbonyl (C=O) groups excluding carboxylic acids is 1. The Hall–Kier alpha value is -0.610. The summed E-state index contributed by atoms with van der Waals surface area (Å²) in [5.74, 6) is -0.837. The summed E-state index contributed by atoms with van der Waals surface area (Å²) in [7, 11) is 0. The van der Waals surface area contributed by atoms with E-state index in [2.05, 4.69) is 20.7 Å². The van der Waals surface area contributed by atoms with Crippen molar-refractivity contribution in [3.05, 3.63) is 28.5 Å². The predicted octanol–water partition coefficient (Wildman–Crippen LogP) is 3.33. The van der Waals surface area contributed by atoms with E-state index in [1.165, 1.54) is 18.2 Å². The molecule has 1 rings (SSSR count). The van der Waals surface area contributed by atoms with Crippen LogP contribution in [0.2, 0.25) is 0 Å². The van der Waals surface area contributed by atoms with Gasteiger partial charge in [0, 0.05) is 11.6 Å². The Morgan fingerprint density at radius 3 is 2.75 bits per heavy atom. The van der Waals surface area contributed by atoms with Crippen molar-refractivity contribution in [2.75, 3.05) is 0 Å². The number of halogens is 3. The molecule has 0 saturated heterocycles. The Morgan fingerprint density at radius 1 is 1.58 bits per heavy atom. The van der Waals surface area contributed by atoms with E-state index in [-0.39, 0.29) is 5.75 Å². The molecule has 0 atom stereocenters. The summed E-state index contributed by atoms with van der Waals surface area (Å²) in [6.45, 7) is 0. The van der Waals surface area contributed by atoms with Gasteiger partial charge >= 0.3 is 5.43 Å². The molecule has 1 aromatic rings. The lowest BCUT2D eigenvalue weighted by Crippen LogP contribution is -1.99. The minimum Gasteiger partial charge on any atom is -0.410 e. The van der Waals surface area contributed by atoms with Crippen LogP contribution in [-0.4, -0.2) is 5.43 Å². The molecule has 0 saturated carbocycles. The Labute approximate surface area is 81.4 Å². The molecule has 0 fully saturated rings. The minimum atomic E-state index is -1.07. The average molecular weight is 253 g/mol. The number of rotatable bonds is 1. The van der Waals surface area contributed by atoms with Gasteiger partial charge in [-0.2, -0.15) is 0 Å². The van der Waals surface area contributed by atoms with Crippen LogP contribution >= 0.6 is 27.5 Å². The third-order valence-electron chi connectivity index (χ3n) is 1.10. The fourth-order valence-electron chi connectivity index (χ4n) is 0.660. The van der Waals surface area contributed by atoms with E-state index in [9.17, 15) is 9.18 Å². The molecule has 12 heavy (non-hydrogen) atoms. The quantitative estimate of drug-likeness (QED) is 0.718. The normalized spacial score (nSPS) is 9.58. The lowest BCUT2D eigenvalue weighted by atomic mass is 10.3. The van der Waals surface area contributed by atoms with Crippen molar-refractivity contribution >= 4 is 33.0 Å². The molecule has 2 nitrogen and oxygen atoms in total. The van der Waals surface area contributed by atoms with Gasteiger partial charge in [0.05, 0.1) is 4.47 Å². The second-order valence-electron chi connectivity index (χ2n) is 1.89. The number of hydrogen-bond donors (Lipinski definition) is 0. The third-order valence-corrected chi connectivity index (χ3v) is 1.80. The maximum Gasteiger partial charge on any atom is 0.409 e. The number of para-hydroxylation sites is 1. The third kappa shape index (κ3) is 2.19. The summed E-state index contributed by atoms with van der Waals surface area (Å²) in [5, 5.41) is 0. The predicted molar refractivity (Wildman–Crippen MR) is 46.0 cm³/mol. The van der Waals surface area contributed by atoms with Gasteiger partial charge in [0.2, 0.25) is 0 Å². The molecule has 5 heteroatoms. The molecule has 0 aliphatic carbocycles. The highest BCUT2D eigenvalue weighted by Crippen LogP contribution is 2.28. The smallest absolute Gasteiger partial charge is 0.409 e. The van der Waals surface area contributed by atoms with Gasteiger partial charge in [0.1, 0.15) is 0 Å². The first kappa shape index (κ1) is 9.48. The highest BCUT2D eigenvalue weighted by Gasteiger charge is 2.10.